The van der Waals surface area contributed by atoms with Crippen LogP contribution in [0.3, 0.4) is 0 Å². The molecule has 1 aliphatic heterocycles. The number of carboxylic acid groups (broad SMARTS) is 1. The number of aliphatic carboxylic acids is 1. The fourth-order valence-corrected chi connectivity index (χ4v) is 2.86. The highest BCUT2D eigenvalue weighted by Crippen LogP contribution is 2.36. The molecule has 4 nitrogen and oxygen atoms in total. The number of carboxylic acids is 1. The third-order valence-electron chi connectivity index (χ3n) is 3.86. The monoisotopic (exact) mass is 249 g/mol. The molecule has 0 amide bonds. The Bertz CT molecular complexity index is 423. The van der Waals surface area contributed by atoms with Crippen molar-refractivity contribution < 1.29 is 15.0 Å². The number of phenols is 1. The number of benzene rings is 1. The summed E-state index contributed by atoms with van der Waals surface area (Å²) < 4.78 is 0. The van der Waals surface area contributed by atoms with Crippen molar-refractivity contribution in [2.24, 2.45) is 0 Å². The predicted octanol–water partition coefficient (Wildman–Crippen LogP) is 2.18. The smallest absolute Gasteiger partial charge is 0.328 e. The van der Waals surface area contributed by atoms with Gasteiger partial charge in [0.05, 0.1) is 0 Å². The highest BCUT2D eigenvalue weighted by molar-refractivity contribution is 5.81. The minimum Gasteiger partial charge on any atom is -0.508 e. The molecule has 1 saturated heterocycles. The molecule has 0 spiro atoms. The maximum Gasteiger partial charge on any atom is 0.328 e. The zero-order valence-electron chi connectivity index (χ0n) is 10.6. The molecule has 18 heavy (non-hydrogen) atoms. The second kappa shape index (κ2) is 4.98. The van der Waals surface area contributed by atoms with Crippen molar-refractivity contribution in [1.82, 2.24) is 4.90 Å². The largest absolute Gasteiger partial charge is 0.508 e. The number of hydrogen-bond donors (Lipinski definition) is 2. The van der Waals surface area contributed by atoms with E-state index >= 15 is 0 Å². The Labute approximate surface area is 107 Å². The fraction of sp³-hybridized carbons (Fsp3) is 0.500. The summed E-state index contributed by atoms with van der Waals surface area (Å²) in [5.74, 6) is -0.645. The van der Waals surface area contributed by atoms with E-state index in [4.69, 9.17) is 0 Å². The fourth-order valence-electron chi connectivity index (χ4n) is 2.86. The van der Waals surface area contributed by atoms with E-state index in [0.717, 1.165) is 31.5 Å². The Balaban J connectivity index is 2.46. The summed E-state index contributed by atoms with van der Waals surface area (Å²) in [6.45, 7) is 3.54. The minimum absolute atomic E-state index is 0.163. The van der Waals surface area contributed by atoms with Crippen LogP contribution in [-0.4, -0.2) is 34.2 Å². The molecule has 0 radical (unpaired) electrons. The van der Waals surface area contributed by atoms with Crippen LogP contribution in [-0.2, 0) is 10.3 Å². The van der Waals surface area contributed by atoms with Crippen LogP contribution in [0.1, 0.15) is 31.7 Å². The molecule has 1 aromatic rings. The summed E-state index contributed by atoms with van der Waals surface area (Å²) in [6, 6.07) is 6.54. The van der Waals surface area contributed by atoms with Crippen molar-refractivity contribution in [2.75, 3.05) is 13.1 Å². The van der Waals surface area contributed by atoms with Gasteiger partial charge < -0.3 is 10.2 Å². The first kappa shape index (κ1) is 12.9. The molecule has 1 atom stereocenters. The standard InChI is InChI=1S/C14H19NO3/c1-2-14(13(17)18,15-9-3-4-10-15)11-5-7-12(16)8-6-11/h5-8,16H,2-4,9-10H2,1H3,(H,17,18). The highest BCUT2D eigenvalue weighted by Gasteiger charge is 2.45. The van der Waals surface area contributed by atoms with Crippen LogP contribution in [0.4, 0.5) is 0 Å². The molecule has 0 bridgehead atoms. The van der Waals surface area contributed by atoms with Gasteiger partial charge in [0.1, 0.15) is 11.3 Å². The average Bonchev–Trinajstić information content (AvgIpc) is 2.87. The van der Waals surface area contributed by atoms with Gasteiger partial charge in [0, 0.05) is 0 Å². The van der Waals surface area contributed by atoms with E-state index in [0.29, 0.717) is 6.42 Å². The van der Waals surface area contributed by atoms with Crippen molar-refractivity contribution in [2.45, 2.75) is 31.7 Å². The van der Waals surface area contributed by atoms with Gasteiger partial charge in [-0.3, -0.25) is 4.90 Å². The van der Waals surface area contributed by atoms with Gasteiger partial charge in [-0.25, -0.2) is 4.79 Å². The first-order valence-electron chi connectivity index (χ1n) is 6.39. The normalized spacial score (nSPS) is 19.6. The van der Waals surface area contributed by atoms with Crippen LogP contribution < -0.4 is 0 Å². The molecule has 98 valence electrons. The molecule has 2 rings (SSSR count). The summed E-state index contributed by atoms with van der Waals surface area (Å²) >= 11 is 0. The van der Waals surface area contributed by atoms with Gasteiger partial charge in [-0.05, 0) is 50.0 Å². The number of carbonyl (C=O) groups is 1. The number of aromatic hydroxyl groups is 1. The summed E-state index contributed by atoms with van der Waals surface area (Å²) in [5.41, 5.74) is -0.207. The summed E-state index contributed by atoms with van der Waals surface area (Å²) in [6.07, 6.45) is 2.62. The third-order valence-corrected chi connectivity index (χ3v) is 3.86. The van der Waals surface area contributed by atoms with Gasteiger partial charge in [0.2, 0.25) is 0 Å². The third kappa shape index (κ3) is 1.97. The molecular weight excluding hydrogens is 230 g/mol. The predicted molar refractivity (Wildman–Crippen MR) is 68.5 cm³/mol. The molecule has 1 heterocycles. The van der Waals surface area contributed by atoms with E-state index in [1.54, 1.807) is 24.3 Å². The zero-order chi connectivity index (χ0) is 13.2. The highest BCUT2D eigenvalue weighted by atomic mass is 16.4. The number of phenolic OH excluding ortho intramolecular Hbond substituents is 1. The van der Waals surface area contributed by atoms with Crippen LogP contribution >= 0.6 is 0 Å². The molecule has 2 N–H and O–H groups in total. The Kier molecular flexibility index (Phi) is 3.57. The molecule has 0 aliphatic carbocycles. The van der Waals surface area contributed by atoms with Crippen molar-refractivity contribution in [3.05, 3.63) is 29.8 Å². The molecule has 0 saturated carbocycles. The van der Waals surface area contributed by atoms with Gasteiger partial charge in [-0.2, -0.15) is 0 Å². The van der Waals surface area contributed by atoms with Gasteiger partial charge in [0.15, 0.2) is 0 Å². The number of likely N-dealkylation sites (tertiary alicyclic amines) is 1. The Morgan fingerprint density at radius 3 is 2.28 bits per heavy atom. The van der Waals surface area contributed by atoms with Crippen LogP contribution in [0, 0.1) is 0 Å². The lowest BCUT2D eigenvalue weighted by molar-refractivity contribution is -0.152. The van der Waals surface area contributed by atoms with Crippen LogP contribution in [0.5, 0.6) is 5.75 Å². The van der Waals surface area contributed by atoms with Crippen molar-refractivity contribution in [1.29, 1.82) is 0 Å². The van der Waals surface area contributed by atoms with E-state index in [-0.39, 0.29) is 5.75 Å². The van der Waals surface area contributed by atoms with Gasteiger partial charge in [-0.1, -0.05) is 19.1 Å². The Hall–Kier alpha value is -1.55. The van der Waals surface area contributed by atoms with Crippen molar-refractivity contribution in [3.63, 3.8) is 0 Å². The maximum absolute atomic E-state index is 11.8. The van der Waals surface area contributed by atoms with E-state index in [2.05, 4.69) is 0 Å². The average molecular weight is 249 g/mol. The zero-order valence-corrected chi connectivity index (χ0v) is 10.6. The molecule has 1 unspecified atom stereocenters. The van der Waals surface area contributed by atoms with Crippen molar-refractivity contribution >= 4 is 5.97 Å². The second-order valence-electron chi connectivity index (χ2n) is 4.76. The summed E-state index contributed by atoms with van der Waals surface area (Å²) in [4.78, 5) is 13.9. The van der Waals surface area contributed by atoms with Gasteiger partial charge in [-0.15, -0.1) is 0 Å². The molecular formula is C14H19NO3. The minimum atomic E-state index is -0.954. The van der Waals surface area contributed by atoms with Crippen LogP contribution in [0.25, 0.3) is 0 Å². The summed E-state index contributed by atoms with van der Waals surface area (Å²) in [7, 11) is 0. The lowest BCUT2D eigenvalue weighted by Gasteiger charge is -2.37. The Morgan fingerprint density at radius 1 is 1.28 bits per heavy atom. The SMILES string of the molecule is CCC(C(=O)O)(c1ccc(O)cc1)N1CCCC1. The van der Waals surface area contributed by atoms with E-state index in [1.807, 2.05) is 11.8 Å². The molecule has 1 aliphatic rings. The van der Waals surface area contributed by atoms with Gasteiger partial charge in [0.25, 0.3) is 0 Å². The van der Waals surface area contributed by atoms with Crippen LogP contribution in [0.15, 0.2) is 24.3 Å². The molecule has 4 heteroatoms. The quantitative estimate of drug-likeness (QED) is 0.858. The van der Waals surface area contributed by atoms with Crippen LogP contribution in [0.2, 0.25) is 0 Å². The lowest BCUT2D eigenvalue weighted by Crippen LogP contribution is -2.50. The topological polar surface area (TPSA) is 60.8 Å². The van der Waals surface area contributed by atoms with Gasteiger partial charge >= 0.3 is 5.97 Å². The summed E-state index contributed by atoms with van der Waals surface area (Å²) in [5, 5.41) is 19.0. The molecule has 1 fully saturated rings. The number of rotatable bonds is 4. The molecule has 0 aromatic heterocycles. The van der Waals surface area contributed by atoms with E-state index in [1.165, 1.54) is 0 Å². The maximum atomic E-state index is 11.8. The number of nitrogens with zero attached hydrogens (tertiary/aromatic N) is 1. The molecule has 1 aromatic carbocycles. The lowest BCUT2D eigenvalue weighted by atomic mass is 9.85. The van der Waals surface area contributed by atoms with Crippen molar-refractivity contribution in [3.8, 4) is 5.75 Å². The Morgan fingerprint density at radius 2 is 1.83 bits per heavy atom. The second-order valence-corrected chi connectivity index (χ2v) is 4.76. The van der Waals surface area contributed by atoms with E-state index in [9.17, 15) is 15.0 Å². The first-order valence-corrected chi connectivity index (χ1v) is 6.39. The first-order chi connectivity index (χ1) is 8.61. The number of hydrogen-bond acceptors (Lipinski definition) is 3. The van der Waals surface area contributed by atoms with E-state index < -0.39 is 11.5 Å².